The summed E-state index contributed by atoms with van der Waals surface area (Å²) in [6.45, 7) is 2.97. The van der Waals surface area contributed by atoms with Gasteiger partial charge in [-0.1, -0.05) is 25.8 Å². The summed E-state index contributed by atoms with van der Waals surface area (Å²) in [6.07, 6.45) is 7.13. The number of nitrogens with two attached hydrogens (primary N) is 1. The highest BCUT2D eigenvalue weighted by molar-refractivity contribution is 5.21. The predicted molar refractivity (Wildman–Crippen MR) is 81.8 cm³/mol. The molecule has 1 aromatic rings. The second-order valence-electron chi connectivity index (χ2n) is 5.98. The number of hydrogen-bond donors (Lipinski definition) is 1. The average Bonchev–Trinajstić information content (AvgIpc) is 2.48. The van der Waals surface area contributed by atoms with Crippen LogP contribution in [0.4, 0.5) is 0 Å². The summed E-state index contributed by atoms with van der Waals surface area (Å²) in [5.41, 5.74) is 7.19. The van der Waals surface area contributed by atoms with Crippen molar-refractivity contribution in [2.24, 2.45) is 11.7 Å². The van der Waals surface area contributed by atoms with E-state index in [9.17, 15) is 0 Å². The topological polar surface area (TPSA) is 51.4 Å². The highest BCUT2D eigenvalue weighted by atomic mass is 16.5. The van der Waals surface area contributed by atoms with Crippen molar-refractivity contribution in [3.05, 3.63) is 23.9 Å². The van der Waals surface area contributed by atoms with E-state index in [0.29, 0.717) is 18.5 Å². The summed E-state index contributed by atoms with van der Waals surface area (Å²) >= 11 is 0. The lowest BCUT2D eigenvalue weighted by Gasteiger charge is -2.38. The normalized spacial score (nSPS) is 24.6. The highest BCUT2D eigenvalue weighted by Crippen LogP contribution is 2.31. The summed E-state index contributed by atoms with van der Waals surface area (Å²) < 4.78 is 5.12. The van der Waals surface area contributed by atoms with Gasteiger partial charge in [0.05, 0.1) is 7.11 Å². The standard InChI is InChI=1S/C16H27N3O/c1-12-5-4-6-14(9-12)19(2)15(10-17)13-7-8-16(20-3)18-11-13/h7-8,11-12,14-15H,4-6,9-10,17H2,1-3H3. The minimum absolute atomic E-state index is 0.240. The van der Waals surface area contributed by atoms with Gasteiger partial charge in [-0.15, -0.1) is 0 Å². The van der Waals surface area contributed by atoms with Gasteiger partial charge in [-0.2, -0.15) is 0 Å². The summed E-state index contributed by atoms with van der Waals surface area (Å²) in [5, 5.41) is 0. The number of pyridine rings is 1. The van der Waals surface area contributed by atoms with Crippen LogP contribution in [0.15, 0.2) is 18.3 Å². The fourth-order valence-electron chi connectivity index (χ4n) is 3.27. The number of rotatable bonds is 5. The van der Waals surface area contributed by atoms with E-state index in [1.165, 1.54) is 31.2 Å². The van der Waals surface area contributed by atoms with Gasteiger partial charge in [0.1, 0.15) is 0 Å². The summed E-state index contributed by atoms with van der Waals surface area (Å²) in [4.78, 5) is 6.75. The molecule has 2 N–H and O–H groups in total. The van der Waals surface area contributed by atoms with Crippen molar-refractivity contribution < 1.29 is 4.74 Å². The third kappa shape index (κ3) is 3.49. The molecule has 0 aliphatic heterocycles. The summed E-state index contributed by atoms with van der Waals surface area (Å²) in [6, 6.07) is 4.86. The lowest BCUT2D eigenvalue weighted by atomic mass is 9.85. The second-order valence-corrected chi connectivity index (χ2v) is 5.98. The SMILES string of the molecule is COc1ccc(C(CN)N(C)C2CCCC(C)C2)cn1. The molecule has 4 nitrogen and oxygen atoms in total. The fraction of sp³-hybridized carbons (Fsp3) is 0.688. The number of aromatic nitrogens is 1. The van der Waals surface area contributed by atoms with E-state index in [0.717, 1.165) is 5.92 Å². The Balaban J connectivity index is 2.09. The molecule has 1 aliphatic rings. The van der Waals surface area contributed by atoms with Crippen LogP contribution in [0.1, 0.15) is 44.2 Å². The third-order valence-electron chi connectivity index (χ3n) is 4.55. The first kappa shape index (κ1) is 15.3. The maximum absolute atomic E-state index is 6.02. The van der Waals surface area contributed by atoms with Gasteiger partial charge in [-0.05, 0) is 31.4 Å². The number of ether oxygens (including phenoxy) is 1. The van der Waals surface area contributed by atoms with Crippen LogP contribution in [0.3, 0.4) is 0 Å². The number of nitrogens with zero attached hydrogens (tertiary/aromatic N) is 2. The smallest absolute Gasteiger partial charge is 0.212 e. The second kappa shape index (κ2) is 7.04. The molecular weight excluding hydrogens is 250 g/mol. The van der Waals surface area contributed by atoms with Crippen LogP contribution in [0, 0.1) is 5.92 Å². The Hall–Kier alpha value is -1.13. The third-order valence-corrected chi connectivity index (χ3v) is 4.55. The molecule has 3 atom stereocenters. The minimum Gasteiger partial charge on any atom is -0.481 e. The van der Waals surface area contributed by atoms with Gasteiger partial charge in [0, 0.05) is 30.9 Å². The van der Waals surface area contributed by atoms with Crippen molar-refractivity contribution in [1.82, 2.24) is 9.88 Å². The van der Waals surface area contributed by atoms with E-state index in [1.807, 2.05) is 12.3 Å². The zero-order valence-corrected chi connectivity index (χ0v) is 12.9. The van der Waals surface area contributed by atoms with Crippen LogP contribution in [0.2, 0.25) is 0 Å². The number of hydrogen-bond acceptors (Lipinski definition) is 4. The van der Waals surface area contributed by atoms with Crippen molar-refractivity contribution in [3.63, 3.8) is 0 Å². The van der Waals surface area contributed by atoms with Gasteiger partial charge >= 0.3 is 0 Å². The highest BCUT2D eigenvalue weighted by Gasteiger charge is 2.27. The van der Waals surface area contributed by atoms with E-state index in [-0.39, 0.29) is 6.04 Å². The Labute approximate surface area is 122 Å². The zero-order chi connectivity index (χ0) is 14.5. The first-order valence-corrected chi connectivity index (χ1v) is 7.57. The molecule has 2 rings (SSSR count). The van der Waals surface area contributed by atoms with Crippen molar-refractivity contribution in [1.29, 1.82) is 0 Å². The van der Waals surface area contributed by atoms with E-state index < -0.39 is 0 Å². The molecule has 20 heavy (non-hydrogen) atoms. The molecule has 0 spiro atoms. The molecule has 0 bridgehead atoms. The Morgan fingerprint density at radius 1 is 1.45 bits per heavy atom. The number of likely N-dealkylation sites (N-methyl/N-ethyl adjacent to an activating group) is 1. The Kier molecular flexibility index (Phi) is 5.38. The molecule has 1 aliphatic carbocycles. The molecule has 4 heteroatoms. The van der Waals surface area contributed by atoms with Crippen LogP contribution in [0.25, 0.3) is 0 Å². The van der Waals surface area contributed by atoms with Gasteiger partial charge < -0.3 is 10.5 Å². The first-order chi connectivity index (χ1) is 9.65. The maximum atomic E-state index is 6.02. The van der Waals surface area contributed by atoms with Gasteiger partial charge in [0.25, 0.3) is 0 Å². The molecule has 1 fully saturated rings. The van der Waals surface area contributed by atoms with Crippen LogP contribution >= 0.6 is 0 Å². The molecule has 0 radical (unpaired) electrons. The van der Waals surface area contributed by atoms with E-state index in [2.05, 4.69) is 29.9 Å². The summed E-state index contributed by atoms with van der Waals surface area (Å²) in [7, 11) is 3.84. The summed E-state index contributed by atoms with van der Waals surface area (Å²) in [5.74, 6) is 1.47. The molecular formula is C16H27N3O. The Bertz CT molecular complexity index is 407. The van der Waals surface area contributed by atoms with E-state index in [4.69, 9.17) is 10.5 Å². The average molecular weight is 277 g/mol. The van der Waals surface area contributed by atoms with Crippen molar-refractivity contribution >= 4 is 0 Å². The number of methoxy groups -OCH3 is 1. The lowest BCUT2D eigenvalue weighted by molar-refractivity contribution is 0.121. The minimum atomic E-state index is 0.240. The monoisotopic (exact) mass is 277 g/mol. The first-order valence-electron chi connectivity index (χ1n) is 7.57. The fourth-order valence-corrected chi connectivity index (χ4v) is 3.27. The maximum Gasteiger partial charge on any atom is 0.212 e. The Morgan fingerprint density at radius 2 is 2.25 bits per heavy atom. The largest absolute Gasteiger partial charge is 0.481 e. The molecule has 1 heterocycles. The molecule has 112 valence electrons. The molecule has 1 saturated carbocycles. The molecule has 3 unspecified atom stereocenters. The Morgan fingerprint density at radius 3 is 2.80 bits per heavy atom. The van der Waals surface area contributed by atoms with E-state index >= 15 is 0 Å². The lowest BCUT2D eigenvalue weighted by Crippen LogP contribution is -2.41. The molecule has 1 aromatic heterocycles. The van der Waals surface area contributed by atoms with Crippen LogP contribution in [-0.2, 0) is 0 Å². The predicted octanol–water partition coefficient (Wildman–Crippen LogP) is 2.60. The van der Waals surface area contributed by atoms with Crippen LogP contribution in [-0.4, -0.2) is 36.6 Å². The molecule has 0 amide bonds. The zero-order valence-electron chi connectivity index (χ0n) is 12.9. The van der Waals surface area contributed by atoms with E-state index in [1.54, 1.807) is 7.11 Å². The van der Waals surface area contributed by atoms with Crippen LogP contribution in [0.5, 0.6) is 5.88 Å². The van der Waals surface area contributed by atoms with Crippen molar-refractivity contribution in [2.45, 2.75) is 44.7 Å². The van der Waals surface area contributed by atoms with Gasteiger partial charge in [0.15, 0.2) is 0 Å². The van der Waals surface area contributed by atoms with Gasteiger partial charge in [-0.3, -0.25) is 4.90 Å². The van der Waals surface area contributed by atoms with Crippen LogP contribution < -0.4 is 10.5 Å². The van der Waals surface area contributed by atoms with Crippen molar-refractivity contribution in [2.75, 3.05) is 20.7 Å². The molecule has 0 saturated heterocycles. The van der Waals surface area contributed by atoms with Crippen molar-refractivity contribution in [3.8, 4) is 5.88 Å². The molecule has 0 aromatic carbocycles. The van der Waals surface area contributed by atoms with Gasteiger partial charge in [-0.25, -0.2) is 4.98 Å². The quantitative estimate of drug-likeness (QED) is 0.899. The van der Waals surface area contributed by atoms with Gasteiger partial charge in [0.2, 0.25) is 5.88 Å².